The minimum atomic E-state index is -5.70. The second-order valence-corrected chi connectivity index (χ2v) is 10.2. The van der Waals surface area contributed by atoms with E-state index in [1.165, 1.54) is 6.92 Å². The Bertz CT molecular complexity index is 1020. The number of halogens is 1. The highest BCUT2D eigenvalue weighted by atomic mass is 31.3. The maximum Gasteiger partial charge on any atom is 0.490 e. The van der Waals surface area contributed by atoms with Gasteiger partial charge in [0.1, 0.15) is 18.5 Å². The van der Waals surface area contributed by atoms with Crippen LogP contribution in [0.2, 0.25) is 0 Å². The lowest BCUT2D eigenvalue weighted by Crippen LogP contribution is -2.33. The van der Waals surface area contributed by atoms with Gasteiger partial charge in [-0.15, -0.1) is 0 Å². The molecule has 19 heteroatoms. The van der Waals surface area contributed by atoms with Crippen LogP contribution in [-0.2, 0) is 31.6 Å². The summed E-state index contributed by atoms with van der Waals surface area (Å²) in [7, 11) is -16.7. The first-order valence-electron chi connectivity index (χ1n) is 7.48. The van der Waals surface area contributed by atoms with Crippen molar-refractivity contribution in [1.82, 2.24) is 9.55 Å². The predicted molar refractivity (Wildman–Crippen MR) is 89.3 cm³/mol. The number of aromatic amines is 1. The van der Waals surface area contributed by atoms with E-state index in [0.717, 1.165) is 10.8 Å². The molecule has 5 N–H and O–H groups in total. The van der Waals surface area contributed by atoms with Gasteiger partial charge in [0.05, 0.1) is 6.61 Å². The van der Waals surface area contributed by atoms with Crippen molar-refractivity contribution in [3.8, 4) is 0 Å². The highest BCUT2D eigenvalue weighted by Crippen LogP contribution is 2.66. The smallest absolute Gasteiger partial charge is 0.349 e. The Kier molecular flexibility index (Phi) is 7.20. The van der Waals surface area contributed by atoms with Crippen LogP contribution in [0.1, 0.15) is 18.2 Å². The molecule has 0 spiro atoms. The highest BCUT2D eigenvalue weighted by molar-refractivity contribution is 7.66. The van der Waals surface area contributed by atoms with E-state index in [9.17, 15) is 32.6 Å². The summed E-state index contributed by atoms with van der Waals surface area (Å²) in [6, 6.07) is 0. The summed E-state index contributed by atoms with van der Waals surface area (Å²) in [5.41, 5.74) is -1.39. The van der Waals surface area contributed by atoms with Gasteiger partial charge >= 0.3 is 29.2 Å². The third-order valence-electron chi connectivity index (χ3n) is 3.44. The number of aryl methyl sites for hydroxylation is 1. The number of phosphoric acid groups is 3. The maximum atomic E-state index is 14.1. The topological polar surface area (TPSA) is 224 Å². The number of nitrogens with zero attached hydrogens (tertiary/aromatic N) is 1. The van der Waals surface area contributed by atoms with Crippen LogP contribution in [0.5, 0.6) is 0 Å². The number of alkyl halides is 1. The van der Waals surface area contributed by atoms with Gasteiger partial charge in [0.15, 0.2) is 0 Å². The van der Waals surface area contributed by atoms with Crippen LogP contribution in [0.25, 0.3) is 0 Å². The van der Waals surface area contributed by atoms with Crippen molar-refractivity contribution in [1.29, 1.82) is 0 Å². The summed E-state index contributed by atoms with van der Waals surface area (Å²) in [5.74, 6) is 0. The number of phosphoric ester groups is 1. The molecule has 0 aromatic carbocycles. The Balaban J connectivity index is 2.03. The zero-order valence-corrected chi connectivity index (χ0v) is 17.0. The molecule has 5 atom stereocenters. The van der Waals surface area contributed by atoms with Crippen LogP contribution in [0.15, 0.2) is 15.8 Å². The maximum absolute atomic E-state index is 14.1. The lowest BCUT2D eigenvalue weighted by Gasteiger charge is -2.19. The van der Waals surface area contributed by atoms with E-state index in [1.54, 1.807) is 0 Å². The second kappa shape index (κ2) is 8.61. The molecule has 29 heavy (non-hydrogen) atoms. The van der Waals surface area contributed by atoms with Crippen molar-refractivity contribution in [2.24, 2.45) is 0 Å². The summed E-state index contributed by atoms with van der Waals surface area (Å²) in [6.07, 6.45) is -3.79. The van der Waals surface area contributed by atoms with Crippen molar-refractivity contribution >= 4 is 23.5 Å². The van der Waals surface area contributed by atoms with Gasteiger partial charge in [-0.05, 0) is 6.92 Å². The van der Waals surface area contributed by atoms with Crippen LogP contribution >= 0.6 is 23.5 Å². The molecule has 15 nitrogen and oxygen atoms in total. The van der Waals surface area contributed by atoms with Crippen molar-refractivity contribution in [3.63, 3.8) is 0 Å². The average molecular weight is 484 g/mol. The summed E-state index contributed by atoms with van der Waals surface area (Å²) in [6.45, 7) is 0.391. The van der Waals surface area contributed by atoms with Gasteiger partial charge in [-0.1, -0.05) is 0 Å². The zero-order valence-electron chi connectivity index (χ0n) is 14.4. The van der Waals surface area contributed by atoms with E-state index >= 15 is 0 Å². The second-order valence-electron chi connectivity index (χ2n) is 5.75. The number of nitrogens with one attached hydrogen (secondary N) is 1. The minimum absolute atomic E-state index is 0.139. The minimum Gasteiger partial charge on any atom is -0.349 e. The van der Waals surface area contributed by atoms with E-state index < -0.39 is 66.2 Å². The van der Waals surface area contributed by atoms with Gasteiger partial charge in [-0.2, -0.15) is 8.62 Å². The monoisotopic (exact) mass is 484 g/mol. The van der Waals surface area contributed by atoms with Gasteiger partial charge in [0.25, 0.3) is 5.56 Å². The third kappa shape index (κ3) is 7.02. The summed E-state index contributed by atoms with van der Waals surface area (Å²) in [4.78, 5) is 60.4. The van der Waals surface area contributed by atoms with Crippen LogP contribution < -0.4 is 11.2 Å². The first-order chi connectivity index (χ1) is 13.1. The van der Waals surface area contributed by atoms with Gasteiger partial charge < -0.3 is 24.3 Å². The molecule has 0 aliphatic carbocycles. The molecule has 1 aliphatic heterocycles. The fourth-order valence-corrected chi connectivity index (χ4v) is 5.31. The molecule has 0 bridgehead atoms. The quantitative estimate of drug-likeness (QED) is 0.302. The van der Waals surface area contributed by atoms with E-state index in [-0.39, 0.29) is 5.56 Å². The van der Waals surface area contributed by atoms with Crippen LogP contribution in [0.3, 0.4) is 0 Å². The molecule has 1 aliphatic rings. The van der Waals surface area contributed by atoms with Crippen molar-refractivity contribution in [3.05, 3.63) is 32.6 Å². The number of hydrogen-bond acceptors (Lipinski definition) is 9. The molecule has 1 fully saturated rings. The van der Waals surface area contributed by atoms with Crippen LogP contribution in [0.4, 0.5) is 4.39 Å². The molecule has 2 heterocycles. The first kappa shape index (κ1) is 24.3. The lowest BCUT2D eigenvalue weighted by atomic mass is 10.2. The molecule has 1 aromatic rings. The molecule has 1 saturated heterocycles. The lowest BCUT2D eigenvalue weighted by molar-refractivity contribution is -0.0350. The normalized spacial score (nSPS) is 26.8. The number of aromatic nitrogens is 2. The Morgan fingerprint density at radius 2 is 1.83 bits per heavy atom. The summed E-state index contributed by atoms with van der Waals surface area (Å²) < 4.78 is 65.0. The Labute approximate surface area is 160 Å². The molecule has 0 radical (unpaired) electrons. The first-order valence-corrected chi connectivity index (χ1v) is 12.0. The molecule has 1 aromatic heterocycles. The average Bonchev–Trinajstić information content (AvgIpc) is 2.86. The summed E-state index contributed by atoms with van der Waals surface area (Å²) in [5, 5.41) is 0. The van der Waals surface area contributed by atoms with E-state index in [2.05, 4.69) is 13.1 Å². The molecule has 2 rings (SSSR count). The molecule has 166 valence electrons. The van der Waals surface area contributed by atoms with E-state index in [4.69, 9.17) is 19.4 Å². The third-order valence-corrected chi connectivity index (χ3v) is 7.24. The van der Waals surface area contributed by atoms with Crippen molar-refractivity contribution in [2.45, 2.75) is 31.8 Å². The summed E-state index contributed by atoms with van der Waals surface area (Å²) >= 11 is 0. The van der Waals surface area contributed by atoms with Gasteiger partial charge in [0.2, 0.25) is 0 Å². The standard InChI is InChI=1S/C10H16FN2O13P3/c1-5-3-13(10(15)12-9(5)14)8-2-6(11)7(24-8)4-23-28(19,20)26-29(21,22)25-27(16,17)18/h3,6-8H,2,4H2,1H3,(H,19,20)(H,21,22)(H,12,14,15)(H2,16,17,18)/t6-,7+,8+/m0/s1. The molecule has 0 saturated carbocycles. The Morgan fingerprint density at radius 1 is 1.21 bits per heavy atom. The van der Waals surface area contributed by atoms with Crippen LogP contribution in [-0.4, -0.2) is 48.0 Å². The fraction of sp³-hybridized carbons (Fsp3) is 0.600. The molecule has 2 unspecified atom stereocenters. The Morgan fingerprint density at radius 3 is 2.41 bits per heavy atom. The fourth-order valence-electron chi connectivity index (χ4n) is 2.28. The van der Waals surface area contributed by atoms with Gasteiger partial charge in [-0.3, -0.25) is 18.9 Å². The number of H-pyrrole nitrogens is 1. The zero-order chi connectivity index (χ0) is 22.2. The molecular weight excluding hydrogens is 468 g/mol. The highest BCUT2D eigenvalue weighted by Gasteiger charge is 2.43. The number of ether oxygens (including phenoxy) is 1. The SMILES string of the molecule is Cc1cn([C@H]2C[C@H](F)[C@@H](COP(=O)(O)OP(=O)(O)OP(=O)(O)O)O2)c(=O)[nH]c1=O. The molecular formula is C10H16FN2O13P3. The Hall–Kier alpha value is -1.02. The number of rotatable bonds is 8. The van der Waals surface area contributed by atoms with Gasteiger partial charge in [-0.25, -0.2) is 22.9 Å². The van der Waals surface area contributed by atoms with E-state index in [1.807, 2.05) is 4.98 Å². The van der Waals surface area contributed by atoms with Crippen molar-refractivity contribution < 1.29 is 55.5 Å². The van der Waals surface area contributed by atoms with E-state index in [0.29, 0.717) is 0 Å². The van der Waals surface area contributed by atoms with Crippen molar-refractivity contribution in [2.75, 3.05) is 6.61 Å². The van der Waals surface area contributed by atoms with Crippen LogP contribution in [0, 0.1) is 6.92 Å². The predicted octanol–water partition coefficient (Wildman–Crippen LogP) is -0.186. The number of hydrogen-bond donors (Lipinski definition) is 5. The van der Waals surface area contributed by atoms with Gasteiger partial charge in [0, 0.05) is 18.2 Å². The molecule has 0 amide bonds. The largest absolute Gasteiger partial charge is 0.490 e.